The smallest absolute Gasteiger partial charge is 0.109 e. The number of aromatic nitrogens is 2. The highest BCUT2D eigenvalue weighted by Gasteiger charge is 2.07. The third-order valence-electron chi connectivity index (χ3n) is 2.37. The number of rotatable bonds is 3. The Morgan fingerprint density at radius 3 is 2.71 bits per heavy atom. The molecular weight excluding hydrogens is 172 g/mol. The first-order valence-electron chi connectivity index (χ1n) is 4.89. The van der Waals surface area contributed by atoms with Gasteiger partial charge in [0.2, 0.25) is 0 Å². The van der Waals surface area contributed by atoms with Crippen molar-refractivity contribution in [3.05, 3.63) is 54.1 Å². The number of benzene rings is 1. The van der Waals surface area contributed by atoms with Crippen LogP contribution in [0.25, 0.3) is 0 Å². The first-order chi connectivity index (χ1) is 6.86. The van der Waals surface area contributed by atoms with Crippen LogP contribution in [0.3, 0.4) is 0 Å². The molecule has 2 heteroatoms. The standard InChI is InChI=1S/C12H14N2/c1-10(12-13-7-8-14-12)9-11-5-3-2-4-6-11/h2-8,10H,9H2,1H3,(H,13,14). The second-order valence-corrected chi connectivity index (χ2v) is 3.57. The van der Waals surface area contributed by atoms with E-state index in [-0.39, 0.29) is 0 Å². The number of hydrogen-bond acceptors (Lipinski definition) is 1. The first kappa shape index (κ1) is 9.00. The normalized spacial score (nSPS) is 12.6. The molecule has 1 heterocycles. The van der Waals surface area contributed by atoms with E-state index in [2.05, 4.69) is 41.2 Å². The molecule has 0 amide bonds. The molecule has 0 saturated carbocycles. The molecule has 0 aliphatic heterocycles. The summed E-state index contributed by atoms with van der Waals surface area (Å²) in [6.45, 7) is 2.19. The summed E-state index contributed by atoms with van der Waals surface area (Å²) in [5.41, 5.74) is 1.36. The second-order valence-electron chi connectivity index (χ2n) is 3.57. The van der Waals surface area contributed by atoms with E-state index in [0.717, 1.165) is 12.2 Å². The van der Waals surface area contributed by atoms with Crippen molar-refractivity contribution in [1.82, 2.24) is 9.97 Å². The summed E-state index contributed by atoms with van der Waals surface area (Å²) in [6, 6.07) is 10.5. The quantitative estimate of drug-likeness (QED) is 0.784. The number of imidazole rings is 1. The van der Waals surface area contributed by atoms with Gasteiger partial charge in [0.1, 0.15) is 5.82 Å². The topological polar surface area (TPSA) is 28.7 Å². The largest absolute Gasteiger partial charge is 0.348 e. The Morgan fingerprint density at radius 1 is 1.29 bits per heavy atom. The zero-order valence-electron chi connectivity index (χ0n) is 8.27. The maximum Gasteiger partial charge on any atom is 0.109 e. The van der Waals surface area contributed by atoms with E-state index in [1.54, 1.807) is 6.20 Å². The van der Waals surface area contributed by atoms with Crippen LogP contribution in [0.4, 0.5) is 0 Å². The average Bonchev–Trinajstić information content (AvgIpc) is 2.72. The van der Waals surface area contributed by atoms with E-state index in [0.29, 0.717) is 5.92 Å². The molecule has 1 unspecified atom stereocenters. The molecule has 0 radical (unpaired) electrons. The third-order valence-corrected chi connectivity index (χ3v) is 2.37. The molecule has 0 aliphatic rings. The van der Waals surface area contributed by atoms with Gasteiger partial charge in [-0.3, -0.25) is 0 Å². The zero-order chi connectivity index (χ0) is 9.80. The summed E-state index contributed by atoms with van der Waals surface area (Å²) in [6.07, 6.45) is 4.71. The predicted octanol–water partition coefficient (Wildman–Crippen LogP) is 2.76. The molecule has 0 aliphatic carbocycles. The fourth-order valence-corrected chi connectivity index (χ4v) is 1.61. The molecule has 1 atom stereocenters. The van der Waals surface area contributed by atoms with Crippen molar-refractivity contribution in [2.75, 3.05) is 0 Å². The molecule has 0 fully saturated rings. The van der Waals surface area contributed by atoms with Crippen molar-refractivity contribution >= 4 is 0 Å². The SMILES string of the molecule is CC(Cc1ccccc1)c1ncc[nH]1. The van der Waals surface area contributed by atoms with E-state index in [1.807, 2.05) is 12.3 Å². The van der Waals surface area contributed by atoms with Crippen molar-refractivity contribution in [3.8, 4) is 0 Å². The maximum atomic E-state index is 4.26. The van der Waals surface area contributed by atoms with Crippen LogP contribution in [0.1, 0.15) is 24.2 Å². The molecule has 0 saturated heterocycles. The fraction of sp³-hybridized carbons (Fsp3) is 0.250. The van der Waals surface area contributed by atoms with Gasteiger partial charge >= 0.3 is 0 Å². The van der Waals surface area contributed by atoms with Gasteiger partial charge in [-0.2, -0.15) is 0 Å². The van der Waals surface area contributed by atoms with Crippen molar-refractivity contribution in [2.45, 2.75) is 19.3 Å². The molecule has 0 spiro atoms. The molecule has 72 valence electrons. The van der Waals surface area contributed by atoms with E-state index < -0.39 is 0 Å². The molecule has 2 rings (SSSR count). The summed E-state index contributed by atoms with van der Waals surface area (Å²) in [5, 5.41) is 0. The molecule has 1 N–H and O–H groups in total. The van der Waals surface area contributed by atoms with Crippen LogP contribution in [0.15, 0.2) is 42.7 Å². The minimum absolute atomic E-state index is 0.451. The Hall–Kier alpha value is -1.57. The van der Waals surface area contributed by atoms with Gasteiger partial charge in [0, 0.05) is 18.3 Å². The predicted molar refractivity (Wildman–Crippen MR) is 57.1 cm³/mol. The van der Waals surface area contributed by atoms with Gasteiger partial charge in [0.15, 0.2) is 0 Å². The van der Waals surface area contributed by atoms with E-state index in [1.165, 1.54) is 5.56 Å². The Morgan fingerprint density at radius 2 is 2.07 bits per heavy atom. The first-order valence-corrected chi connectivity index (χ1v) is 4.89. The average molecular weight is 186 g/mol. The van der Waals surface area contributed by atoms with Crippen LogP contribution >= 0.6 is 0 Å². The highest BCUT2D eigenvalue weighted by Crippen LogP contribution is 2.16. The summed E-state index contributed by atoms with van der Waals surface area (Å²) in [5.74, 6) is 1.52. The van der Waals surface area contributed by atoms with Crippen LogP contribution in [0.2, 0.25) is 0 Å². The lowest BCUT2D eigenvalue weighted by Crippen LogP contribution is -2.00. The van der Waals surface area contributed by atoms with Gasteiger partial charge < -0.3 is 4.98 Å². The Bertz CT molecular complexity index is 364. The molecule has 2 aromatic rings. The molecule has 2 nitrogen and oxygen atoms in total. The van der Waals surface area contributed by atoms with Crippen molar-refractivity contribution in [3.63, 3.8) is 0 Å². The van der Waals surface area contributed by atoms with E-state index in [4.69, 9.17) is 0 Å². The number of aromatic amines is 1. The minimum atomic E-state index is 0.451. The summed E-state index contributed by atoms with van der Waals surface area (Å²) >= 11 is 0. The lowest BCUT2D eigenvalue weighted by atomic mass is 10.0. The van der Waals surface area contributed by atoms with Crippen LogP contribution in [-0.2, 0) is 6.42 Å². The molecule has 1 aromatic carbocycles. The van der Waals surface area contributed by atoms with Gasteiger partial charge in [0.25, 0.3) is 0 Å². The Kier molecular flexibility index (Phi) is 2.63. The molecule has 0 bridgehead atoms. The molecule has 1 aromatic heterocycles. The second kappa shape index (κ2) is 4.09. The summed E-state index contributed by atoms with van der Waals surface area (Å²) in [4.78, 5) is 7.40. The lowest BCUT2D eigenvalue weighted by Gasteiger charge is -2.07. The van der Waals surface area contributed by atoms with Crippen molar-refractivity contribution in [2.24, 2.45) is 0 Å². The number of nitrogens with one attached hydrogen (secondary N) is 1. The number of H-pyrrole nitrogens is 1. The lowest BCUT2D eigenvalue weighted by molar-refractivity contribution is 0.710. The number of nitrogens with zero attached hydrogens (tertiary/aromatic N) is 1. The van der Waals surface area contributed by atoms with Crippen molar-refractivity contribution in [1.29, 1.82) is 0 Å². The van der Waals surface area contributed by atoms with Crippen molar-refractivity contribution < 1.29 is 0 Å². The molecule has 14 heavy (non-hydrogen) atoms. The molecular formula is C12H14N2. The minimum Gasteiger partial charge on any atom is -0.348 e. The van der Waals surface area contributed by atoms with Gasteiger partial charge in [-0.25, -0.2) is 4.98 Å². The van der Waals surface area contributed by atoms with Gasteiger partial charge in [-0.05, 0) is 12.0 Å². The van der Waals surface area contributed by atoms with Crippen LogP contribution in [-0.4, -0.2) is 9.97 Å². The zero-order valence-corrected chi connectivity index (χ0v) is 8.27. The summed E-state index contributed by atoms with van der Waals surface area (Å²) < 4.78 is 0. The monoisotopic (exact) mass is 186 g/mol. The van der Waals surface area contributed by atoms with E-state index in [9.17, 15) is 0 Å². The van der Waals surface area contributed by atoms with E-state index >= 15 is 0 Å². The Balaban J connectivity index is 2.06. The van der Waals surface area contributed by atoms with Crippen LogP contribution < -0.4 is 0 Å². The van der Waals surface area contributed by atoms with Gasteiger partial charge in [-0.1, -0.05) is 37.3 Å². The summed E-state index contributed by atoms with van der Waals surface area (Å²) in [7, 11) is 0. The highest BCUT2D eigenvalue weighted by molar-refractivity contribution is 5.17. The Labute approximate surface area is 84.0 Å². The van der Waals surface area contributed by atoms with Crippen LogP contribution in [0.5, 0.6) is 0 Å². The maximum absolute atomic E-state index is 4.26. The van der Waals surface area contributed by atoms with Crippen LogP contribution in [0, 0.1) is 0 Å². The third kappa shape index (κ3) is 2.02. The van der Waals surface area contributed by atoms with Gasteiger partial charge in [-0.15, -0.1) is 0 Å². The number of hydrogen-bond donors (Lipinski definition) is 1. The van der Waals surface area contributed by atoms with Gasteiger partial charge in [0.05, 0.1) is 0 Å². The highest BCUT2D eigenvalue weighted by atomic mass is 14.9. The fourth-order valence-electron chi connectivity index (χ4n) is 1.61.